The number of hydrogen-bond acceptors (Lipinski definition) is 4. The first-order valence-corrected chi connectivity index (χ1v) is 7.10. The molecule has 2 atom stereocenters. The Kier molecular flexibility index (Phi) is 5.34. The Morgan fingerprint density at radius 3 is 2.90 bits per heavy atom. The van der Waals surface area contributed by atoms with Gasteiger partial charge in [-0.3, -0.25) is 4.90 Å². The maximum absolute atomic E-state index is 13.9. The van der Waals surface area contributed by atoms with Gasteiger partial charge in [0.05, 0.1) is 25.9 Å². The van der Waals surface area contributed by atoms with Gasteiger partial charge in [0.25, 0.3) is 0 Å². The molecule has 1 heterocycles. The second kappa shape index (κ2) is 7.02. The van der Waals surface area contributed by atoms with Crippen LogP contribution in [0, 0.1) is 5.82 Å². The third kappa shape index (κ3) is 3.11. The highest BCUT2D eigenvalue weighted by Crippen LogP contribution is 2.31. The second-order valence-corrected chi connectivity index (χ2v) is 5.02. The molecule has 0 saturated carbocycles. The number of rotatable bonds is 5. The zero-order valence-corrected chi connectivity index (χ0v) is 12.1. The monoisotopic (exact) mass is 282 g/mol. The lowest BCUT2D eigenvalue weighted by Gasteiger charge is -2.41. The van der Waals surface area contributed by atoms with Gasteiger partial charge in [-0.2, -0.15) is 0 Å². The fourth-order valence-electron chi connectivity index (χ4n) is 2.81. The first-order chi connectivity index (χ1) is 9.71. The topological polar surface area (TPSA) is 47.7 Å². The molecule has 1 aliphatic heterocycles. The number of nitrogens with zero attached hydrogens (tertiary/aromatic N) is 1. The molecule has 0 bridgehead atoms. The van der Waals surface area contributed by atoms with E-state index in [9.17, 15) is 4.39 Å². The standard InChI is InChI=1S/C15H23FN2O2/c1-3-6-18-7-8-20-14(10-17)15(18)11-4-5-13(19-2)12(16)9-11/h4-5,9,14-15H,3,6-8,10,17H2,1-2H3. The van der Waals surface area contributed by atoms with Gasteiger partial charge in [0.15, 0.2) is 11.6 Å². The number of hydrogen-bond donors (Lipinski definition) is 1. The van der Waals surface area contributed by atoms with Gasteiger partial charge in [-0.1, -0.05) is 13.0 Å². The van der Waals surface area contributed by atoms with Gasteiger partial charge in [0, 0.05) is 13.1 Å². The fraction of sp³-hybridized carbons (Fsp3) is 0.600. The van der Waals surface area contributed by atoms with Crippen molar-refractivity contribution in [2.24, 2.45) is 5.73 Å². The van der Waals surface area contributed by atoms with Crippen molar-refractivity contribution < 1.29 is 13.9 Å². The van der Waals surface area contributed by atoms with Crippen molar-refractivity contribution in [2.45, 2.75) is 25.5 Å². The van der Waals surface area contributed by atoms with Crippen molar-refractivity contribution >= 4 is 0 Å². The van der Waals surface area contributed by atoms with Crippen LogP contribution in [0.4, 0.5) is 4.39 Å². The van der Waals surface area contributed by atoms with Gasteiger partial charge in [-0.25, -0.2) is 4.39 Å². The van der Waals surface area contributed by atoms with Crippen LogP contribution in [-0.4, -0.2) is 44.4 Å². The maximum atomic E-state index is 13.9. The van der Waals surface area contributed by atoms with Crippen molar-refractivity contribution in [3.05, 3.63) is 29.6 Å². The molecule has 1 aromatic carbocycles. The minimum absolute atomic E-state index is 0.00843. The summed E-state index contributed by atoms with van der Waals surface area (Å²) in [6.45, 7) is 5.05. The van der Waals surface area contributed by atoms with Crippen molar-refractivity contribution in [1.82, 2.24) is 4.90 Å². The summed E-state index contributed by atoms with van der Waals surface area (Å²) in [5.74, 6) is -0.0837. The zero-order chi connectivity index (χ0) is 14.5. The van der Waals surface area contributed by atoms with E-state index in [1.807, 2.05) is 6.07 Å². The van der Waals surface area contributed by atoms with Gasteiger partial charge in [0.1, 0.15) is 0 Å². The summed E-state index contributed by atoms with van der Waals surface area (Å²) >= 11 is 0. The third-order valence-corrected chi connectivity index (χ3v) is 3.72. The van der Waals surface area contributed by atoms with E-state index in [-0.39, 0.29) is 23.7 Å². The highest BCUT2D eigenvalue weighted by atomic mass is 19.1. The summed E-state index contributed by atoms with van der Waals surface area (Å²) in [6, 6.07) is 5.10. The van der Waals surface area contributed by atoms with E-state index in [0.29, 0.717) is 13.2 Å². The molecule has 0 aliphatic carbocycles. The van der Waals surface area contributed by atoms with Crippen LogP contribution < -0.4 is 10.5 Å². The van der Waals surface area contributed by atoms with E-state index in [0.717, 1.165) is 25.1 Å². The molecule has 1 aliphatic rings. The predicted octanol–water partition coefficient (Wildman–Crippen LogP) is 1.94. The van der Waals surface area contributed by atoms with E-state index in [1.54, 1.807) is 6.07 Å². The van der Waals surface area contributed by atoms with Gasteiger partial charge in [-0.05, 0) is 30.7 Å². The first-order valence-electron chi connectivity index (χ1n) is 7.10. The average molecular weight is 282 g/mol. The minimum Gasteiger partial charge on any atom is -0.494 e. The van der Waals surface area contributed by atoms with Crippen LogP contribution in [0.1, 0.15) is 24.9 Å². The molecule has 2 N–H and O–H groups in total. The summed E-state index contributed by atoms with van der Waals surface area (Å²) in [5.41, 5.74) is 6.71. The van der Waals surface area contributed by atoms with Crippen molar-refractivity contribution in [3.63, 3.8) is 0 Å². The van der Waals surface area contributed by atoms with Crippen LogP contribution >= 0.6 is 0 Å². The molecule has 1 fully saturated rings. The molecule has 2 rings (SSSR count). The number of benzene rings is 1. The van der Waals surface area contributed by atoms with Crippen LogP contribution in [0.15, 0.2) is 18.2 Å². The van der Waals surface area contributed by atoms with E-state index < -0.39 is 0 Å². The summed E-state index contributed by atoms with van der Waals surface area (Å²) in [7, 11) is 1.47. The quantitative estimate of drug-likeness (QED) is 0.896. The Labute approximate surface area is 119 Å². The summed E-state index contributed by atoms with van der Waals surface area (Å²) in [4.78, 5) is 2.32. The fourth-order valence-corrected chi connectivity index (χ4v) is 2.81. The summed E-state index contributed by atoms with van der Waals surface area (Å²) in [6.07, 6.45) is 0.954. The van der Waals surface area contributed by atoms with Crippen molar-refractivity contribution in [3.8, 4) is 5.75 Å². The second-order valence-electron chi connectivity index (χ2n) is 5.02. The maximum Gasteiger partial charge on any atom is 0.165 e. The molecule has 2 unspecified atom stereocenters. The number of nitrogens with two attached hydrogens (primary N) is 1. The Balaban J connectivity index is 2.30. The summed E-state index contributed by atoms with van der Waals surface area (Å²) < 4.78 is 24.7. The Hall–Kier alpha value is -1.17. The molecule has 4 nitrogen and oxygen atoms in total. The lowest BCUT2D eigenvalue weighted by atomic mass is 9.97. The molecule has 1 aromatic rings. The lowest BCUT2D eigenvalue weighted by molar-refractivity contribution is -0.0677. The number of morpholine rings is 1. The van der Waals surface area contributed by atoms with Crippen LogP contribution in [-0.2, 0) is 4.74 Å². The molecule has 112 valence electrons. The van der Waals surface area contributed by atoms with E-state index in [2.05, 4.69) is 11.8 Å². The molecule has 0 amide bonds. The minimum atomic E-state index is -0.345. The van der Waals surface area contributed by atoms with Crippen LogP contribution in [0.2, 0.25) is 0 Å². The lowest BCUT2D eigenvalue weighted by Crippen LogP contribution is -2.48. The molecular weight excluding hydrogens is 259 g/mol. The molecule has 20 heavy (non-hydrogen) atoms. The first kappa shape index (κ1) is 15.2. The number of halogens is 1. The molecule has 1 saturated heterocycles. The van der Waals surface area contributed by atoms with Crippen molar-refractivity contribution in [1.29, 1.82) is 0 Å². The highest BCUT2D eigenvalue weighted by molar-refractivity contribution is 5.32. The highest BCUT2D eigenvalue weighted by Gasteiger charge is 2.32. The SMILES string of the molecule is CCCN1CCOC(CN)C1c1ccc(OC)c(F)c1. The van der Waals surface area contributed by atoms with E-state index >= 15 is 0 Å². The zero-order valence-electron chi connectivity index (χ0n) is 12.1. The molecule has 0 aromatic heterocycles. The van der Waals surface area contributed by atoms with Crippen molar-refractivity contribution in [2.75, 3.05) is 33.4 Å². The van der Waals surface area contributed by atoms with Gasteiger partial charge < -0.3 is 15.2 Å². The van der Waals surface area contributed by atoms with Gasteiger partial charge in [-0.15, -0.1) is 0 Å². The van der Waals surface area contributed by atoms with Crippen LogP contribution in [0.25, 0.3) is 0 Å². The van der Waals surface area contributed by atoms with Gasteiger partial charge >= 0.3 is 0 Å². The Morgan fingerprint density at radius 1 is 1.50 bits per heavy atom. The molecular formula is C15H23FN2O2. The van der Waals surface area contributed by atoms with Crippen LogP contribution in [0.3, 0.4) is 0 Å². The Bertz CT molecular complexity index is 440. The van der Waals surface area contributed by atoms with Crippen LogP contribution in [0.5, 0.6) is 5.75 Å². The van der Waals surface area contributed by atoms with E-state index in [4.69, 9.17) is 15.2 Å². The van der Waals surface area contributed by atoms with Gasteiger partial charge in [0.2, 0.25) is 0 Å². The Morgan fingerprint density at radius 2 is 2.30 bits per heavy atom. The largest absolute Gasteiger partial charge is 0.494 e. The van der Waals surface area contributed by atoms with E-state index in [1.165, 1.54) is 13.2 Å². The smallest absolute Gasteiger partial charge is 0.165 e. The number of methoxy groups -OCH3 is 1. The predicted molar refractivity (Wildman–Crippen MR) is 76.4 cm³/mol. The molecule has 0 spiro atoms. The molecule has 0 radical (unpaired) electrons. The third-order valence-electron chi connectivity index (χ3n) is 3.72. The summed E-state index contributed by atoms with van der Waals surface area (Å²) in [5, 5.41) is 0. The normalized spacial score (nSPS) is 23.8. The average Bonchev–Trinajstić information content (AvgIpc) is 2.47. The number of ether oxygens (including phenoxy) is 2. The molecule has 5 heteroatoms.